The average Bonchev–Trinajstić information content (AvgIpc) is 2.51. The number of alkyl halides is 3. The SMILES string of the molecule is C=CCN1CCC(NC(=NC)NCC(=O)N(C)CC(F)(F)F)CC1.I. The Hall–Kier alpha value is -1.04. The van der Waals surface area contributed by atoms with Gasteiger partial charge in [-0.15, -0.1) is 30.6 Å². The van der Waals surface area contributed by atoms with Gasteiger partial charge in [0.25, 0.3) is 0 Å². The Morgan fingerprint density at radius 1 is 1.40 bits per heavy atom. The van der Waals surface area contributed by atoms with Gasteiger partial charge in [0, 0.05) is 39.8 Å². The molecule has 0 radical (unpaired) electrons. The molecule has 0 aromatic carbocycles. The lowest BCUT2D eigenvalue weighted by atomic mass is 10.1. The van der Waals surface area contributed by atoms with Crippen LogP contribution in [-0.4, -0.2) is 80.7 Å². The number of likely N-dealkylation sites (tertiary alicyclic amines) is 1. The van der Waals surface area contributed by atoms with E-state index in [0.29, 0.717) is 10.9 Å². The van der Waals surface area contributed by atoms with Crippen LogP contribution in [0, 0.1) is 0 Å². The number of halogens is 4. The van der Waals surface area contributed by atoms with Gasteiger partial charge in [-0.05, 0) is 12.8 Å². The molecule has 1 amide bonds. The van der Waals surface area contributed by atoms with Crippen LogP contribution >= 0.6 is 24.0 Å². The predicted molar refractivity (Wildman–Crippen MR) is 103 cm³/mol. The summed E-state index contributed by atoms with van der Waals surface area (Å²) < 4.78 is 36.8. The molecule has 0 aromatic rings. The van der Waals surface area contributed by atoms with Crippen molar-refractivity contribution in [2.45, 2.75) is 25.1 Å². The van der Waals surface area contributed by atoms with Crippen molar-refractivity contribution >= 4 is 35.8 Å². The number of amides is 1. The molecular formula is C15H27F3IN5O. The zero-order valence-electron chi connectivity index (χ0n) is 14.6. The molecule has 1 aliphatic heterocycles. The molecule has 0 bridgehead atoms. The maximum Gasteiger partial charge on any atom is 0.406 e. The van der Waals surface area contributed by atoms with E-state index in [1.165, 1.54) is 0 Å². The number of piperidine rings is 1. The highest BCUT2D eigenvalue weighted by Gasteiger charge is 2.31. The second kappa shape index (κ2) is 11.6. The highest BCUT2D eigenvalue weighted by atomic mass is 127. The Morgan fingerprint density at radius 3 is 2.48 bits per heavy atom. The normalized spacial score (nSPS) is 16.8. The minimum atomic E-state index is -4.40. The van der Waals surface area contributed by atoms with E-state index in [0.717, 1.165) is 39.5 Å². The summed E-state index contributed by atoms with van der Waals surface area (Å²) in [5.41, 5.74) is 0. The lowest BCUT2D eigenvalue weighted by molar-refractivity contribution is -0.157. The predicted octanol–water partition coefficient (Wildman–Crippen LogP) is 1.44. The van der Waals surface area contributed by atoms with Crippen LogP contribution in [0.2, 0.25) is 0 Å². The molecule has 0 spiro atoms. The van der Waals surface area contributed by atoms with Crippen molar-refractivity contribution < 1.29 is 18.0 Å². The van der Waals surface area contributed by atoms with Crippen LogP contribution in [0.25, 0.3) is 0 Å². The van der Waals surface area contributed by atoms with Crippen molar-refractivity contribution in [3.63, 3.8) is 0 Å². The van der Waals surface area contributed by atoms with Crippen molar-refractivity contribution in [1.29, 1.82) is 0 Å². The van der Waals surface area contributed by atoms with E-state index < -0.39 is 18.6 Å². The summed E-state index contributed by atoms with van der Waals surface area (Å²) in [6.07, 6.45) is -0.673. The van der Waals surface area contributed by atoms with Gasteiger partial charge in [0.15, 0.2) is 5.96 Å². The van der Waals surface area contributed by atoms with Gasteiger partial charge in [-0.25, -0.2) is 0 Å². The van der Waals surface area contributed by atoms with Crippen LogP contribution in [0.3, 0.4) is 0 Å². The van der Waals surface area contributed by atoms with Crippen molar-refractivity contribution in [2.75, 3.05) is 46.8 Å². The van der Waals surface area contributed by atoms with Gasteiger partial charge < -0.3 is 15.5 Å². The smallest absolute Gasteiger partial charge is 0.354 e. The van der Waals surface area contributed by atoms with Crippen LogP contribution in [0.4, 0.5) is 13.2 Å². The Balaban J connectivity index is 0.00000576. The fourth-order valence-electron chi connectivity index (χ4n) is 2.48. The van der Waals surface area contributed by atoms with Crippen molar-refractivity contribution in [2.24, 2.45) is 4.99 Å². The van der Waals surface area contributed by atoms with Crippen molar-refractivity contribution in [3.8, 4) is 0 Å². The van der Waals surface area contributed by atoms with E-state index in [4.69, 9.17) is 0 Å². The average molecular weight is 477 g/mol. The summed E-state index contributed by atoms with van der Waals surface area (Å²) in [5.74, 6) is -0.220. The van der Waals surface area contributed by atoms with E-state index in [1.807, 2.05) is 6.08 Å². The van der Waals surface area contributed by atoms with E-state index in [9.17, 15) is 18.0 Å². The highest BCUT2D eigenvalue weighted by molar-refractivity contribution is 14.0. The van der Waals surface area contributed by atoms with Gasteiger partial charge in [-0.3, -0.25) is 14.7 Å². The monoisotopic (exact) mass is 477 g/mol. The standard InChI is InChI=1S/C15H26F3N5O.HI/c1-4-7-23-8-5-12(6-9-23)21-14(19-2)20-10-13(24)22(3)11-15(16,17)18;/h4,12H,1,5-11H2,2-3H3,(H2,19,20,21);1H. The first-order valence-electron chi connectivity index (χ1n) is 7.86. The van der Waals surface area contributed by atoms with E-state index in [-0.39, 0.29) is 36.6 Å². The second-order valence-electron chi connectivity index (χ2n) is 5.80. The third-order valence-electron chi connectivity index (χ3n) is 3.79. The maximum atomic E-state index is 12.3. The molecule has 0 unspecified atom stereocenters. The van der Waals surface area contributed by atoms with Gasteiger partial charge in [0.05, 0.1) is 6.54 Å². The molecule has 25 heavy (non-hydrogen) atoms. The molecule has 0 atom stereocenters. The van der Waals surface area contributed by atoms with Crippen molar-refractivity contribution in [3.05, 3.63) is 12.7 Å². The summed E-state index contributed by atoms with van der Waals surface area (Å²) >= 11 is 0. The number of carbonyl (C=O) groups excluding carboxylic acids is 1. The first kappa shape index (κ1) is 24.0. The summed E-state index contributed by atoms with van der Waals surface area (Å²) in [6.45, 7) is 4.96. The molecule has 1 rings (SSSR count). The zero-order valence-corrected chi connectivity index (χ0v) is 16.9. The fourth-order valence-corrected chi connectivity index (χ4v) is 2.48. The quantitative estimate of drug-likeness (QED) is 0.263. The number of hydrogen-bond acceptors (Lipinski definition) is 3. The lowest BCUT2D eigenvalue weighted by Crippen LogP contribution is -2.50. The summed E-state index contributed by atoms with van der Waals surface area (Å²) in [5, 5.41) is 5.97. The molecular weight excluding hydrogens is 450 g/mol. The molecule has 1 saturated heterocycles. The van der Waals surface area contributed by atoms with Gasteiger partial charge in [0.1, 0.15) is 6.54 Å². The zero-order chi connectivity index (χ0) is 18.2. The molecule has 0 aromatic heterocycles. The summed E-state index contributed by atoms with van der Waals surface area (Å²) in [7, 11) is 2.69. The number of guanidine groups is 1. The molecule has 2 N–H and O–H groups in total. The molecule has 1 aliphatic rings. The second-order valence-corrected chi connectivity index (χ2v) is 5.80. The van der Waals surface area contributed by atoms with Crippen LogP contribution < -0.4 is 10.6 Å². The molecule has 0 saturated carbocycles. The van der Waals surface area contributed by atoms with Gasteiger partial charge >= 0.3 is 6.18 Å². The number of likely N-dealkylation sites (N-methyl/N-ethyl adjacent to an activating group) is 1. The van der Waals surface area contributed by atoms with Gasteiger partial charge in [-0.2, -0.15) is 13.2 Å². The lowest BCUT2D eigenvalue weighted by Gasteiger charge is -2.32. The first-order valence-corrected chi connectivity index (χ1v) is 7.86. The van der Waals surface area contributed by atoms with E-state index in [2.05, 4.69) is 27.1 Å². The largest absolute Gasteiger partial charge is 0.406 e. The molecule has 1 heterocycles. The van der Waals surface area contributed by atoms with Gasteiger partial charge in [0.2, 0.25) is 5.91 Å². The maximum absolute atomic E-state index is 12.3. The number of carbonyl (C=O) groups is 1. The number of rotatable bonds is 6. The van der Waals surface area contributed by atoms with Crippen molar-refractivity contribution in [1.82, 2.24) is 20.4 Å². The molecule has 146 valence electrons. The summed E-state index contributed by atoms with van der Waals surface area (Å²) in [6, 6.07) is 0.222. The summed E-state index contributed by atoms with van der Waals surface area (Å²) in [4.78, 5) is 18.7. The number of hydrogen-bond donors (Lipinski definition) is 2. The molecule has 6 nitrogen and oxygen atoms in total. The van der Waals surface area contributed by atoms with Crippen LogP contribution in [-0.2, 0) is 4.79 Å². The minimum absolute atomic E-state index is 0. The third-order valence-corrected chi connectivity index (χ3v) is 3.79. The Kier molecular flexibility index (Phi) is 11.1. The number of nitrogens with one attached hydrogen (secondary N) is 2. The topological polar surface area (TPSA) is 60.0 Å². The van der Waals surface area contributed by atoms with Crippen LogP contribution in [0.1, 0.15) is 12.8 Å². The van der Waals surface area contributed by atoms with E-state index in [1.54, 1.807) is 7.05 Å². The Labute approximate surface area is 163 Å². The highest BCUT2D eigenvalue weighted by Crippen LogP contribution is 2.15. The number of nitrogens with zero attached hydrogens (tertiary/aromatic N) is 3. The van der Waals surface area contributed by atoms with Crippen LogP contribution in [0.15, 0.2) is 17.6 Å². The Bertz CT molecular complexity index is 451. The first-order chi connectivity index (χ1) is 11.2. The Morgan fingerprint density at radius 2 is 2.00 bits per heavy atom. The van der Waals surface area contributed by atoms with Crippen LogP contribution in [0.5, 0.6) is 0 Å². The number of aliphatic imine (C=N–C) groups is 1. The van der Waals surface area contributed by atoms with E-state index >= 15 is 0 Å². The fraction of sp³-hybridized carbons (Fsp3) is 0.733. The third kappa shape index (κ3) is 9.88. The molecule has 1 fully saturated rings. The van der Waals surface area contributed by atoms with Gasteiger partial charge in [-0.1, -0.05) is 6.08 Å². The minimum Gasteiger partial charge on any atom is -0.354 e. The molecule has 10 heteroatoms. The molecule has 0 aliphatic carbocycles.